The third-order valence-electron chi connectivity index (χ3n) is 2.59. The first-order chi connectivity index (χ1) is 9.27. The highest BCUT2D eigenvalue weighted by molar-refractivity contribution is 5.40. The molecular formula is C13H23FN4O. The van der Waals surface area contributed by atoms with Crippen LogP contribution in [0.15, 0.2) is 6.20 Å². The van der Waals surface area contributed by atoms with Crippen molar-refractivity contribution in [3.63, 3.8) is 0 Å². The number of unbranched alkanes of at least 4 members (excludes halogenated alkanes) is 2. The fraction of sp³-hybridized carbons (Fsp3) is 0.692. The van der Waals surface area contributed by atoms with Crippen LogP contribution in [0.4, 0.5) is 16.2 Å². The van der Waals surface area contributed by atoms with Gasteiger partial charge in [-0.05, 0) is 25.7 Å². The Labute approximate surface area is 114 Å². The molecule has 0 amide bonds. The molecule has 0 fully saturated rings. The smallest absolute Gasteiger partial charge is 0.224 e. The van der Waals surface area contributed by atoms with Crippen LogP contribution in [0.1, 0.15) is 32.6 Å². The van der Waals surface area contributed by atoms with Gasteiger partial charge in [0, 0.05) is 26.8 Å². The van der Waals surface area contributed by atoms with Crippen LogP contribution < -0.4 is 10.6 Å². The summed E-state index contributed by atoms with van der Waals surface area (Å²) >= 11 is 0. The first-order valence-electron chi connectivity index (χ1n) is 6.77. The van der Waals surface area contributed by atoms with Gasteiger partial charge in [0.2, 0.25) is 5.95 Å². The molecule has 0 aliphatic rings. The topological polar surface area (TPSA) is 59.1 Å². The van der Waals surface area contributed by atoms with Gasteiger partial charge in [0.1, 0.15) is 0 Å². The minimum atomic E-state index is -0.418. The molecule has 108 valence electrons. The van der Waals surface area contributed by atoms with Gasteiger partial charge in [-0.2, -0.15) is 4.98 Å². The molecule has 2 N–H and O–H groups in total. The molecule has 0 spiro atoms. The van der Waals surface area contributed by atoms with E-state index in [2.05, 4.69) is 27.5 Å². The molecule has 0 aliphatic carbocycles. The number of hydrogen-bond donors (Lipinski definition) is 2. The Kier molecular flexibility index (Phi) is 7.81. The van der Waals surface area contributed by atoms with E-state index in [0.29, 0.717) is 12.5 Å². The Bertz CT molecular complexity index is 362. The van der Waals surface area contributed by atoms with Crippen molar-refractivity contribution in [2.45, 2.75) is 32.6 Å². The van der Waals surface area contributed by atoms with Gasteiger partial charge < -0.3 is 15.4 Å². The number of methoxy groups -OCH3 is 1. The molecule has 0 atom stereocenters. The van der Waals surface area contributed by atoms with Crippen LogP contribution in [0.2, 0.25) is 0 Å². The first-order valence-corrected chi connectivity index (χ1v) is 6.77. The summed E-state index contributed by atoms with van der Waals surface area (Å²) in [6, 6.07) is 0. The van der Waals surface area contributed by atoms with E-state index in [1.54, 1.807) is 7.11 Å². The fourth-order valence-corrected chi connectivity index (χ4v) is 1.57. The third-order valence-corrected chi connectivity index (χ3v) is 2.59. The van der Waals surface area contributed by atoms with Crippen LogP contribution in [-0.2, 0) is 4.74 Å². The lowest BCUT2D eigenvalue weighted by Crippen LogP contribution is -2.10. The van der Waals surface area contributed by atoms with Crippen molar-refractivity contribution >= 4 is 11.8 Å². The normalized spacial score (nSPS) is 10.5. The molecule has 6 heteroatoms. The molecule has 0 saturated carbocycles. The number of nitrogens with one attached hydrogen (secondary N) is 2. The molecule has 0 aliphatic heterocycles. The zero-order valence-electron chi connectivity index (χ0n) is 11.7. The number of hydrogen-bond acceptors (Lipinski definition) is 5. The van der Waals surface area contributed by atoms with Crippen molar-refractivity contribution in [2.75, 3.05) is 37.4 Å². The highest BCUT2D eigenvalue weighted by Gasteiger charge is 2.05. The van der Waals surface area contributed by atoms with Crippen molar-refractivity contribution in [1.82, 2.24) is 9.97 Å². The maximum absolute atomic E-state index is 13.5. The Morgan fingerprint density at radius 2 is 2.05 bits per heavy atom. The second-order valence-electron chi connectivity index (χ2n) is 4.30. The predicted molar refractivity (Wildman–Crippen MR) is 75.0 cm³/mol. The quantitative estimate of drug-likeness (QED) is 0.640. The maximum atomic E-state index is 13.5. The van der Waals surface area contributed by atoms with E-state index in [1.165, 1.54) is 6.20 Å². The molecule has 0 unspecified atom stereocenters. The first kappa shape index (κ1) is 15.6. The SMILES string of the molecule is CCCNc1ncc(F)c(NCCCCCOC)n1. The Morgan fingerprint density at radius 3 is 2.79 bits per heavy atom. The largest absolute Gasteiger partial charge is 0.385 e. The van der Waals surface area contributed by atoms with E-state index >= 15 is 0 Å². The van der Waals surface area contributed by atoms with Crippen molar-refractivity contribution < 1.29 is 9.13 Å². The number of halogens is 1. The van der Waals surface area contributed by atoms with E-state index < -0.39 is 5.82 Å². The Balaban J connectivity index is 2.34. The van der Waals surface area contributed by atoms with Gasteiger partial charge >= 0.3 is 0 Å². The van der Waals surface area contributed by atoms with Crippen LogP contribution in [0, 0.1) is 5.82 Å². The molecule has 19 heavy (non-hydrogen) atoms. The van der Waals surface area contributed by atoms with Crippen molar-refractivity contribution in [3.8, 4) is 0 Å². The number of rotatable bonds is 10. The zero-order valence-corrected chi connectivity index (χ0v) is 11.7. The molecule has 1 aromatic heterocycles. The summed E-state index contributed by atoms with van der Waals surface area (Å²) in [5.74, 6) is 0.310. The summed E-state index contributed by atoms with van der Waals surface area (Å²) in [4.78, 5) is 8.00. The molecule has 1 aromatic rings. The monoisotopic (exact) mass is 270 g/mol. The summed E-state index contributed by atoms with van der Waals surface area (Å²) in [5.41, 5.74) is 0. The number of ether oxygens (including phenoxy) is 1. The molecule has 0 aromatic carbocycles. The highest BCUT2D eigenvalue weighted by atomic mass is 19.1. The Hall–Kier alpha value is -1.43. The van der Waals surface area contributed by atoms with E-state index in [4.69, 9.17) is 4.74 Å². The second kappa shape index (κ2) is 9.49. The van der Waals surface area contributed by atoms with Gasteiger partial charge in [0.15, 0.2) is 11.6 Å². The average Bonchev–Trinajstić information content (AvgIpc) is 2.43. The van der Waals surface area contributed by atoms with Gasteiger partial charge in [-0.3, -0.25) is 0 Å². The van der Waals surface area contributed by atoms with Gasteiger partial charge in [-0.1, -0.05) is 6.92 Å². The maximum Gasteiger partial charge on any atom is 0.224 e. The molecule has 0 radical (unpaired) electrons. The lowest BCUT2D eigenvalue weighted by atomic mass is 10.2. The number of anilines is 2. The van der Waals surface area contributed by atoms with Crippen LogP contribution in [0.25, 0.3) is 0 Å². The van der Waals surface area contributed by atoms with Gasteiger partial charge in [0.25, 0.3) is 0 Å². The standard InChI is InChI=1S/C13H23FN4O/c1-3-7-16-13-17-10-11(14)12(18-13)15-8-5-4-6-9-19-2/h10H,3-9H2,1-2H3,(H2,15,16,17,18). The van der Waals surface area contributed by atoms with Gasteiger partial charge in [0.05, 0.1) is 6.20 Å². The molecule has 1 rings (SSSR count). The summed E-state index contributed by atoms with van der Waals surface area (Å²) < 4.78 is 18.5. The number of aromatic nitrogens is 2. The molecule has 1 heterocycles. The van der Waals surface area contributed by atoms with Crippen LogP contribution in [0.5, 0.6) is 0 Å². The van der Waals surface area contributed by atoms with Crippen molar-refractivity contribution in [3.05, 3.63) is 12.0 Å². The zero-order chi connectivity index (χ0) is 13.9. The average molecular weight is 270 g/mol. The van der Waals surface area contributed by atoms with E-state index in [1.807, 2.05) is 0 Å². The van der Waals surface area contributed by atoms with Crippen LogP contribution >= 0.6 is 0 Å². The Morgan fingerprint density at radius 1 is 1.21 bits per heavy atom. The minimum absolute atomic E-state index is 0.264. The fourth-order valence-electron chi connectivity index (χ4n) is 1.57. The summed E-state index contributed by atoms with van der Waals surface area (Å²) in [7, 11) is 1.69. The van der Waals surface area contributed by atoms with E-state index in [0.717, 1.165) is 38.8 Å². The van der Waals surface area contributed by atoms with E-state index in [9.17, 15) is 4.39 Å². The van der Waals surface area contributed by atoms with Crippen LogP contribution in [-0.4, -0.2) is 36.8 Å². The summed E-state index contributed by atoms with van der Waals surface area (Å²) in [6.45, 7) is 4.30. The van der Waals surface area contributed by atoms with E-state index in [-0.39, 0.29) is 5.82 Å². The van der Waals surface area contributed by atoms with Gasteiger partial charge in [-0.15, -0.1) is 0 Å². The van der Waals surface area contributed by atoms with Gasteiger partial charge in [-0.25, -0.2) is 9.37 Å². The second-order valence-corrected chi connectivity index (χ2v) is 4.30. The lowest BCUT2D eigenvalue weighted by molar-refractivity contribution is 0.192. The van der Waals surface area contributed by atoms with Crippen LogP contribution in [0.3, 0.4) is 0 Å². The third kappa shape index (κ3) is 6.33. The van der Waals surface area contributed by atoms with Crippen molar-refractivity contribution in [2.24, 2.45) is 0 Å². The predicted octanol–water partition coefficient (Wildman–Crippen LogP) is 2.67. The lowest BCUT2D eigenvalue weighted by Gasteiger charge is -2.08. The minimum Gasteiger partial charge on any atom is -0.385 e. The molecule has 5 nitrogen and oxygen atoms in total. The number of nitrogens with zero attached hydrogens (tertiary/aromatic N) is 2. The summed E-state index contributed by atoms with van der Waals surface area (Å²) in [6.07, 6.45) is 5.20. The molecule has 0 bridgehead atoms. The van der Waals surface area contributed by atoms with Crippen molar-refractivity contribution in [1.29, 1.82) is 0 Å². The summed E-state index contributed by atoms with van der Waals surface area (Å²) in [5, 5.41) is 6.03. The highest BCUT2D eigenvalue weighted by Crippen LogP contribution is 2.12. The molecule has 0 saturated heterocycles. The molecular weight excluding hydrogens is 247 g/mol.